The third-order valence-electron chi connectivity index (χ3n) is 2.68. The summed E-state index contributed by atoms with van der Waals surface area (Å²) in [7, 11) is 3.83. The van der Waals surface area contributed by atoms with Gasteiger partial charge in [-0.3, -0.25) is 4.79 Å². The summed E-state index contributed by atoms with van der Waals surface area (Å²) in [5, 5.41) is 3.02. The van der Waals surface area contributed by atoms with Crippen molar-refractivity contribution in [1.82, 2.24) is 4.98 Å². The maximum Gasteiger partial charge on any atom is 0.258 e. The predicted octanol–water partition coefficient (Wildman–Crippen LogP) is 3.82. The molecule has 0 aliphatic carbocycles. The number of pyridine rings is 1. The lowest BCUT2D eigenvalue weighted by Gasteiger charge is -2.17. The van der Waals surface area contributed by atoms with E-state index in [1.54, 1.807) is 12.3 Å². The van der Waals surface area contributed by atoms with Gasteiger partial charge in [-0.05, 0) is 34.1 Å². The summed E-state index contributed by atoms with van der Waals surface area (Å²) in [6, 6.07) is 9.19. The van der Waals surface area contributed by atoms with Crippen molar-refractivity contribution in [3.05, 3.63) is 51.7 Å². The molecule has 0 radical (unpaired) electrons. The van der Waals surface area contributed by atoms with Gasteiger partial charge in [-0.15, -0.1) is 0 Å². The van der Waals surface area contributed by atoms with Crippen LogP contribution in [0.2, 0.25) is 5.15 Å². The highest BCUT2D eigenvalue weighted by Gasteiger charge is 2.14. The lowest BCUT2D eigenvalue weighted by molar-refractivity contribution is 0.102. The second kappa shape index (κ2) is 6.24. The Morgan fingerprint density at radius 3 is 2.75 bits per heavy atom. The molecule has 4 nitrogen and oxygen atoms in total. The Morgan fingerprint density at radius 1 is 1.35 bits per heavy atom. The van der Waals surface area contributed by atoms with E-state index in [0.29, 0.717) is 10.0 Å². The maximum absolute atomic E-state index is 12.3. The van der Waals surface area contributed by atoms with Crippen LogP contribution in [0.25, 0.3) is 0 Å². The van der Waals surface area contributed by atoms with Crippen molar-refractivity contribution in [2.24, 2.45) is 0 Å². The highest BCUT2D eigenvalue weighted by Crippen LogP contribution is 2.25. The molecule has 1 heterocycles. The Bertz CT molecular complexity index is 646. The smallest absolute Gasteiger partial charge is 0.258 e. The van der Waals surface area contributed by atoms with E-state index in [0.717, 1.165) is 11.4 Å². The Kier molecular flexibility index (Phi) is 4.62. The van der Waals surface area contributed by atoms with E-state index in [1.165, 1.54) is 0 Å². The molecule has 1 N–H and O–H groups in total. The minimum Gasteiger partial charge on any atom is -0.376 e. The van der Waals surface area contributed by atoms with Crippen molar-refractivity contribution in [3.63, 3.8) is 0 Å². The molecule has 0 bridgehead atoms. The summed E-state index contributed by atoms with van der Waals surface area (Å²) in [6.07, 6.45) is 1.55. The van der Waals surface area contributed by atoms with Crippen molar-refractivity contribution in [2.45, 2.75) is 0 Å². The standard InChI is InChI=1S/C14H13BrClN3O/c1-19(2)12-6-4-3-5-11(12)18-14(20)10-7-9(15)8-17-13(10)16/h3-8H,1-2H3,(H,18,20). The predicted molar refractivity (Wildman–Crippen MR) is 85.7 cm³/mol. The minimum absolute atomic E-state index is 0.174. The maximum atomic E-state index is 12.3. The third kappa shape index (κ3) is 3.29. The van der Waals surface area contributed by atoms with Crippen LogP contribution in [0.5, 0.6) is 0 Å². The largest absolute Gasteiger partial charge is 0.376 e. The summed E-state index contributed by atoms with van der Waals surface area (Å²) in [5.41, 5.74) is 1.97. The van der Waals surface area contributed by atoms with E-state index < -0.39 is 0 Å². The molecule has 0 aliphatic heterocycles. The number of rotatable bonds is 3. The Balaban J connectivity index is 2.31. The van der Waals surface area contributed by atoms with Gasteiger partial charge in [-0.1, -0.05) is 23.7 Å². The van der Waals surface area contributed by atoms with Gasteiger partial charge in [0.15, 0.2) is 0 Å². The number of nitrogens with zero attached hydrogens (tertiary/aromatic N) is 2. The molecule has 104 valence electrons. The van der Waals surface area contributed by atoms with Crippen molar-refractivity contribution >= 4 is 44.8 Å². The van der Waals surface area contributed by atoms with Crippen molar-refractivity contribution in [1.29, 1.82) is 0 Å². The molecule has 0 saturated carbocycles. The van der Waals surface area contributed by atoms with Crippen molar-refractivity contribution in [3.8, 4) is 0 Å². The summed E-state index contributed by atoms with van der Waals surface area (Å²) >= 11 is 9.23. The molecule has 2 rings (SSSR count). The fourth-order valence-corrected chi connectivity index (χ4v) is 2.26. The topological polar surface area (TPSA) is 45.2 Å². The van der Waals surface area contributed by atoms with Crippen LogP contribution in [0.1, 0.15) is 10.4 Å². The van der Waals surface area contributed by atoms with Gasteiger partial charge >= 0.3 is 0 Å². The monoisotopic (exact) mass is 353 g/mol. The molecular formula is C14H13BrClN3O. The Labute approximate surface area is 130 Å². The molecule has 0 aliphatic rings. The average molecular weight is 355 g/mol. The van der Waals surface area contributed by atoms with E-state index in [2.05, 4.69) is 26.2 Å². The van der Waals surface area contributed by atoms with Crippen LogP contribution >= 0.6 is 27.5 Å². The molecule has 0 saturated heterocycles. The molecule has 6 heteroatoms. The lowest BCUT2D eigenvalue weighted by Crippen LogP contribution is -2.17. The molecule has 1 aromatic carbocycles. The summed E-state index contributed by atoms with van der Waals surface area (Å²) in [5.74, 6) is -0.293. The number of para-hydroxylation sites is 2. The first-order valence-electron chi connectivity index (χ1n) is 5.88. The number of nitrogens with one attached hydrogen (secondary N) is 1. The highest BCUT2D eigenvalue weighted by molar-refractivity contribution is 9.10. The van der Waals surface area contributed by atoms with Crippen LogP contribution in [0.15, 0.2) is 41.0 Å². The van der Waals surface area contributed by atoms with E-state index in [1.807, 2.05) is 43.3 Å². The van der Waals surface area contributed by atoms with Crippen molar-refractivity contribution < 1.29 is 4.79 Å². The summed E-state index contributed by atoms with van der Waals surface area (Å²) in [4.78, 5) is 18.2. The van der Waals surface area contributed by atoms with Crippen LogP contribution in [0.4, 0.5) is 11.4 Å². The Hall–Kier alpha value is -1.59. The number of hydrogen-bond donors (Lipinski definition) is 1. The first-order chi connectivity index (χ1) is 9.49. The number of benzene rings is 1. The van der Waals surface area contributed by atoms with Gasteiger partial charge < -0.3 is 10.2 Å². The van der Waals surface area contributed by atoms with Crippen molar-refractivity contribution in [2.75, 3.05) is 24.3 Å². The first kappa shape index (κ1) is 14.8. The second-order valence-electron chi connectivity index (χ2n) is 4.36. The first-order valence-corrected chi connectivity index (χ1v) is 7.05. The Morgan fingerprint density at radius 2 is 2.05 bits per heavy atom. The molecule has 0 unspecified atom stereocenters. The van der Waals surface area contributed by atoms with Gasteiger partial charge in [-0.25, -0.2) is 4.98 Å². The van der Waals surface area contributed by atoms with Gasteiger partial charge in [0.1, 0.15) is 5.15 Å². The van der Waals surface area contributed by atoms with E-state index in [4.69, 9.17) is 11.6 Å². The van der Waals surface area contributed by atoms with Gasteiger partial charge in [0.2, 0.25) is 0 Å². The van der Waals surface area contributed by atoms with E-state index >= 15 is 0 Å². The number of halogens is 2. The molecule has 0 atom stereocenters. The SMILES string of the molecule is CN(C)c1ccccc1NC(=O)c1cc(Br)cnc1Cl. The average Bonchev–Trinajstić information content (AvgIpc) is 2.41. The number of carbonyl (C=O) groups excluding carboxylic acids is 1. The van der Waals surface area contributed by atoms with E-state index in [9.17, 15) is 4.79 Å². The fraction of sp³-hybridized carbons (Fsp3) is 0.143. The molecule has 1 amide bonds. The molecule has 0 spiro atoms. The third-order valence-corrected chi connectivity index (χ3v) is 3.42. The number of hydrogen-bond acceptors (Lipinski definition) is 3. The molecule has 2 aromatic rings. The fourth-order valence-electron chi connectivity index (χ4n) is 1.74. The molecule has 1 aromatic heterocycles. The van der Waals surface area contributed by atoms with Crippen LogP contribution in [0.3, 0.4) is 0 Å². The number of carbonyl (C=O) groups is 1. The number of anilines is 2. The van der Waals surface area contributed by atoms with Crippen LogP contribution in [0, 0.1) is 0 Å². The summed E-state index contributed by atoms with van der Waals surface area (Å²) < 4.78 is 0.702. The molecule has 0 fully saturated rings. The molecular weight excluding hydrogens is 342 g/mol. The van der Waals surface area contributed by atoms with Crippen LogP contribution in [-0.4, -0.2) is 25.0 Å². The number of aromatic nitrogens is 1. The van der Waals surface area contributed by atoms with Crippen LogP contribution in [-0.2, 0) is 0 Å². The normalized spacial score (nSPS) is 10.2. The zero-order valence-electron chi connectivity index (χ0n) is 11.0. The van der Waals surface area contributed by atoms with Gasteiger partial charge in [0, 0.05) is 24.8 Å². The van der Waals surface area contributed by atoms with Crippen LogP contribution < -0.4 is 10.2 Å². The number of amides is 1. The van der Waals surface area contributed by atoms with Gasteiger partial charge in [0.05, 0.1) is 16.9 Å². The zero-order chi connectivity index (χ0) is 14.7. The minimum atomic E-state index is -0.293. The molecule has 20 heavy (non-hydrogen) atoms. The summed E-state index contributed by atoms with van der Waals surface area (Å²) in [6.45, 7) is 0. The van der Waals surface area contributed by atoms with E-state index in [-0.39, 0.29) is 11.1 Å². The second-order valence-corrected chi connectivity index (χ2v) is 5.63. The highest BCUT2D eigenvalue weighted by atomic mass is 79.9. The van der Waals surface area contributed by atoms with Gasteiger partial charge in [0.25, 0.3) is 5.91 Å². The quantitative estimate of drug-likeness (QED) is 0.852. The lowest BCUT2D eigenvalue weighted by atomic mass is 10.2. The van der Waals surface area contributed by atoms with Gasteiger partial charge in [-0.2, -0.15) is 0 Å². The zero-order valence-corrected chi connectivity index (χ0v) is 13.4.